The van der Waals surface area contributed by atoms with Crippen molar-refractivity contribution in [1.82, 2.24) is 5.32 Å². The van der Waals surface area contributed by atoms with Gasteiger partial charge in [0.1, 0.15) is 0 Å². The lowest BCUT2D eigenvalue weighted by Crippen LogP contribution is -2.45. The van der Waals surface area contributed by atoms with Gasteiger partial charge in [0.15, 0.2) is 0 Å². The summed E-state index contributed by atoms with van der Waals surface area (Å²) >= 11 is 0. The van der Waals surface area contributed by atoms with E-state index in [4.69, 9.17) is 0 Å². The van der Waals surface area contributed by atoms with E-state index in [1.807, 2.05) is 6.08 Å². The van der Waals surface area contributed by atoms with Gasteiger partial charge in [-0.2, -0.15) is 0 Å². The summed E-state index contributed by atoms with van der Waals surface area (Å²) in [5.74, 6) is -0.0865. The minimum absolute atomic E-state index is 0.0865. The van der Waals surface area contributed by atoms with Crippen LogP contribution >= 0.6 is 0 Å². The van der Waals surface area contributed by atoms with Crippen LogP contribution in [0.4, 0.5) is 0 Å². The number of unbranched alkanes of at least 4 members (excludes halogenated alkanes) is 29. The van der Waals surface area contributed by atoms with E-state index >= 15 is 0 Å². The summed E-state index contributed by atoms with van der Waals surface area (Å²) in [4.78, 5) is 12.4. The maximum absolute atomic E-state index is 12.4. The van der Waals surface area contributed by atoms with Crippen molar-refractivity contribution >= 4 is 5.91 Å². The monoisotopic (exact) mass is 742 g/mol. The van der Waals surface area contributed by atoms with Crippen molar-refractivity contribution in [2.24, 2.45) is 0 Å². The largest absolute Gasteiger partial charge is 0.394 e. The lowest BCUT2D eigenvalue weighted by molar-refractivity contribution is -0.123. The topological polar surface area (TPSA) is 69.6 Å². The van der Waals surface area contributed by atoms with Gasteiger partial charge in [0.05, 0.1) is 18.8 Å². The van der Waals surface area contributed by atoms with Gasteiger partial charge >= 0.3 is 0 Å². The molecule has 0 heterocycles. The molecule has 4 nitrogen and oxygen atoms in total. The summed E-state index contributed by atoms with van der Waals surface area (Å²) in [5.41, 5.74) is 0. The van der Waals surface area contributed by atoms with E-state index in [9.17, 15) is 15.0 Å². The minimum atomic E-state index is -0.874. The first kappa shape index (κ1) is 51.4. The van der Waals surface area contributed by atoms with E-state index < -0.39 is 12.1 Å². The Bertz CT molecular complexity index is 847. The molecule has 0 saturated carbocycles. The third kappa shape index (κ3) is 41.4. The van der Waals surface area contributed by atoms with Crippen LogP contribution in [-0.2, 0) is 4.79 Å². The van der Waals surface area contributed by atoms with Crippen molar-refractivity contribution in [3.63, 3.8) is 0 Å². The molecule has 310 valence electrons. The van der Waals surface area contributed by atoms with Gasteiger partial charge in [0, 0.05) is 6.42 Å². The predicted octanol–water partition coefficient (Wildman–Crippen LogP) is 14.7. The average Bonchev–Trinajstić information content (AvgIpc) is 3.16. The number of amides is 1. The van der Waals surface area contributed by atoms with Gasteiger partial charge in [-0.25, -0.2) is 0 Å². The summed E-state index contributed by atoms with van der Waals surface area (Å²) in [6.07, 6.45) is 60.9. The van der Waals surface area contributed by atoms with E-state index in [2.05, 4.69) is 55.6 Å². The Morgan fingerprint density at radius 3 is 1.09 bits per heavy atom. The molecule has 0 spiro atoms. The molecule has 53 heavy (non-hydrogen) atoms. The van der Waals surface area contributed by atoms with Gasteiger partial charge in [-0.1, -0.05) is 210 Å². The van der Waals surface area contributed by atoms with Gasteiger partial charge in [0.2, 0.25) is 5.91 Å². The maximum Gasteiger partial charge on any atom is 0.220 e. The zero-order valence-electron chi connectivity index (χ0n) is 35.5. The van der Waals surface area contributed by atoms with Crippen molar-refractivity contribution in [2.75, 3.05) is 6.61 Å². The number of aliphatic hydroxyl groups is 2. The molecular weight excluding hydrogens is 651 g/mol. The van der Waals surface area contributed by atoms with E-state index in [-0.39, 0.29) is 12.5 Å². The second-order valence-corrected chi connectivity index (χ2v) is 15.8. The third-order valence-corrected chi connectivity index (χ3v) is 10.5. The third-order valence-electron chi connectivity index (χ3n) is 10.5. The smallest absolute Gasteiger partial charge is 0.220 e. The van der Waals surface area contributed by atoms with Gasteiger partial charge in [-0.05, 0) is 70.6 Å². The van der Waals surface area contributed by atoms with Crippen LogP contribution in [0.5, 0.6) is 0 Å². The molecule has 0 rings (SSSR count). The van der Waals surface area contributed by atoms with E-state index in [0.29, 0.717) is 6.42 Å². The minimum Gasteiger partial charge on any atom is -0.394 e. The van der Waals surface area contributed by atoms with Crippen LogP contribution in [0.2, 0.25) is 0 Å². The molecule has 2 atom stereocenters. The molecule has 0 saturated heterocycles. The number of hydrogen-bond acceptors (Lipinski definition) is 3. The molecule has 0 aromatic heterocycles. The number of carbonyl (C=O) groups excluding carboxylic acids is 1. The van der Waals surface area contributed by atoms with Crippen molar-refractivity contribution in [2.45, 2.75) is 251 Å². The maximum atomic E-state index is 12.4. The highest BCUT2D eigenvalue weighted by Gasteiger charge is 2.17. The number of hydrogen-bond donors (Lipinski definition) is 3. The molecule has 0 aliphatic rings. The molecule has 3 N–H and O–H groups in total. The van der Waals surface area contributed by atoms with Crippen molar-refractivity contribution in [3.8, 4) is 0 Å². The fourth-order valence-corrected chi connectivity index (χ4v) is 6.91. The molecule has 0 aromatic rings. The van der Waals surface area contributed by atoms with Gasteiger partial charge in [-0.15, -0.1) is 0 Å². The van der Waals surface area contributed by atoms with Gasteiger partial charge in [0.25, 0.3) is 0 Å². The molecule has 1 amide bonds. The molecule has 0 aliphatic carbocycles. The van der Waals surface area contributed by atoms with Crippen molar-refractivity contribution in [3.05, 3.63) is 48.6 Å². The number of nitrogens with one attached hydrogen (secondary N) is 1. The highest BCUT2D eigenvalue weighted by atomic mass is 16.3. The molecule has 0 fully saturated rings. The number of carbonyl (C=O) groups is 1. The standard InChI is InChI=1S/C49H91NO3/c1-3-5-7-9-11-13-15-17-19-21-22-23-24-25-26-27-28-29-30-32-34-36-38-40-42-44-48(52)47(46-51)50-49(53)45-43-41-39-37-35-33-31-20-18-16-14-12-10-8-6-4-2/h20,28-29,31,34,36,42,44,47-48,51-52H,3-19,21-27,30,32-33,35,37-41,43,45-46H2,1-2H3,(H,50,53)/b29-28+,31-20-,36-34+,44-42+. The number of allylic oxidation sites excluding steroid dienone is 7. The Morgan fingerprint density at radius 2 is 0.736 bits per heavy atom. The molecule has 0 radical (unpaired) electrons. The van der Waals surface area contributed by atoms with Crippen molar-refractivity contribution < 1.29 is 15.0 Å². The zero-order valence-corrected chi connectivity index (χ0v) is 35.5. The van der Waals surface area contributed by atoms with Crippen LogP contribution in [0.1, 0.15) is 239 Å². The van der Waals surface area contributed by atoms with Crippen LogP contribution in [0.3, 0.4) is 0 Å². The quantitative estimate of drug-likeness (QED) is 0.0431. The molecular formula is C49H91NO3. The van der Waals surface area contributed by atoms with Crippen LogP contribution in [-0.4, -0.2) is 34.9 Å². The zero-order chi connectivity index (χ0) is 38.6. The summed E-state index contributed by atoms with van der Waals surface area (Å²) in [5, 5.41) is 23.0. The van der Waals surface area contributed by atoms with Crippen LogP contribution in [0, 0.1) is 0 Å². The van der Waals surface area contributed by atoms with Crippen LogP contribution in [0.15, 0.2) is 48.6 Å². The summed E-state index contributed by atoms with van der Waals surface area (Å²) < 4.78 is 0. The molecule has 0 aromatic carbocycles. The summed E-state index contributed by atoms with van der Waals surface area (Å²) in [6, 6.07) is -0.650. The Hall–Kier alpha value is -1.65. The predicted molar refractivity (Wildman–Crippen MR) is 235 cm³/mol. The van der Waals surface area contributed by atoms with E-state index in [0.717, 1.165) is 51.4 Å². The molecule has 0 aliphatic heterocycles. The Labute approximate surface area is 331 Å². The van der Waals surface area contributed by atoms with Crippen molar-refractivity contribution in [1.29, 1.82) is 0 Å². The lowest BCUT2D eigenvalue weighted by atomic mass is 10.0. The highest BCUT2D eigenvalue weighted by Crippen LogP contribution is 2.15. The highest BCUT2D eigenvalue weighted by molar-refractivity contribution is 5.76. The van der Waals surface area contributed by atoms with Crippen LogP contribution in [0.25, 0.3) is 0 Å². The van der Waals surface area contributed by atoms with E-state index in [1.54, 1.807) is 6.08 Å². The second-order valence-electron chi connectivity index (χ2n) is 15.8. The summed E-state index contributed by atoms with van der Waals surface area (Å²) in [7, 11) is 0. The molecule has 0 bridgehead atoms. The average molecular weight is 742 g/mol. The Kier molecular flexibility index (Phi) is 43.4. The summed E-state index contributed by atoms with van der Waals surface area (Å²) in [6.45, 7) is 4.29. The second kappa shape index (κ2) is 44.7. The number of rotatable bonds is 42. The van der Waals surface area contributed by atoms with Crippen LogP contribution < -0.4 is 5.32 Å². The Balaban J connectivity index is 3.63. The first-order chi connectivity index (χ1) is 26.2. The SMILES string of the molecule is CCCCCCCCC/C=C\CCCCCCCC(=O)NC(CO)C(O)/C=C/CC/C=C/CC/C=C/CCCCCCCCCCCCCCCCC. The molecule has 2 unspecified atom stereocenters. The fraction of sp³-hybridized carbons (Fsp3) is 0.816. The first-order valence-electron chi connectivity index (χ1n) is 23.4. The van der Waals surface area contributed by atoms with Gasteiger partial charge in [-0.3, -0.25) is 4.79 Å². The normalized spacial score (nSPS) is 13.4. The lowest BCUT2D eigenvalue weighted by Gasteiger charge is -2.19. The fourth-order valence-electron chi connectivity index (χ4n) is 6.91. The van der Waals surface area contributed by atoms with E-state index in [1.165, 1.54) is 167 Å². The molecule has 4 heteroatoms. The van der Waals surface area contributed by atoms with Gasteiger partial charge < -0.3 is 15.5 Å². The Morgan fingerprint density at radius 1 is 0.434 bits per heavy atom. The first-order valence-corrected chi connectivity index (χ1v) is 23.4. The number of aliphatic hydroxyl groups excluding tert-OH is 2.